The number of carboxylic acid groups (broad SMARTS) is 1. The van der Waals surface area contributed by atoms with Gasteiger partial charge in [0, 0.05) is 27.2 Å². The first-order chi connectivity index (χ1) is 22.5. The van der Waals surface area contributed by atoms with Crippen molar-refractivity contribution in [3.63, 3.8) is 0 Å². The minimum atomic E-state index is -2.94. The molecule has 21 nitrogen and oxygen atoms in total. The first kappa shape index (κ1) is 39.3. The van der Waals surface area contributed by atoms with Crippen LogP contribution in [0.3, 0.4) is 0 Å². The van der Waals surface area contributed by atoms with E-state index >= 15 is 0 Å². The van der Waals surface area contributed by atoms with Crippen LogP contribution in [0.2, 0.25) is 0 Å². The number of hydrogen-bond donors (Lipinski definition) is 10. The molecule has 1 unspecified atom stereocenters. The predicted octanol–water partition coefficient (Wildman–Crippen LogP) is -6.09. The Hall–Kier alpha value is -3.09. The largest absolute Gasteiger partial charge is 0.477 e. The lowest BCUT2D eigenvalue weighted by atomic mass is 9.86. The zero-order valence-electron chi connectivity index (χ0n) is 26.4. The highest BCUT2D eigenvalue weighted by molar-refractivity contribution is 5.77. The molecule has 3 aliphatic rings. The van der Waals surface area contributed by atoms with Crippen molar-refractivity contribution in [2.45, 2.75) is 126 Å². The number of aliphatic hydroxyl groups excluding tert-OH is 6. The van der Waals surface area contributed by atoms with E-state index < -0.39 is 135 Å². The molecule has 0 aliphatic carbocycles. The molecule has 48 heavy (non-hydrogen) atoms. The van der Waals surface area contributed by atoms with Gasteiger partial charge < -0.3 is 80.1 Å². The Bertz CT molecular complexity index is 1160. The Labute approximate surface area is 273 Å². The van der Waals surface area contributed by atoms with Gasteiger partial charge in [0.15, 0.2) is 18.7 Å². The Morgan fingerprint density at radius 2 is 1.62 bits per heavy atom. The summed E-state index contributed by atoms with van der Waals surface area (Å²) in [7, 11) is 0. The summed E-state index contributed by atoms with van der Waals surface area (Å²) in [5, 5.41) is 79.2. The van der Waals surface area contributed by atoms with Crippen LogP contribution in [0.15, 0.2) is 0 Å². The maximum Gasteiger partial charge on any atom is 0.364 e. The number of carbonyl (C=O) groups excluding carboxylic acids is 4. The molecule has 0 bridgehead atoms. The van der Waals surface area contributed by atoms with E-state index in [2.05, 4.69) is 16.0 Å². The standard InChI is InChI=1S/C27H43N3O18/c1-9-21(45-12(4)35)23(18(30-11(3)34)25(44-9)46-15-7-43-24(40)20(39)19(15)38)48-27(26(41)42)5-13(36)17(29-10(2)33)22(47-27)16(28-8-32)14(37)6-31/h8-9,13-25,31,36-40H,5-7H2,1-4H3,(H,28,32)(H,29,33)(H,30,34)(H,41,42)/t9-,13-,14+,15-,16-,17-,18-,19+,20-,21+,22-,23-,24?,25+,27+/m1/s1. The predicted molar refractivity (Wildman–Crippen MR) is 151 cm³/mol. The van der Waals surface area contributed by atoms with Crippen LogP contribution in [0.4, 0.5) is 0 Å². The molecule has 3 saturated heterocycles. The van der Waals surface area contributed by atoms with E-state index in [4.69, 9.17) is 28.4 Å². The third-order valence-corrected chi connectivity index (χ3v) is 8.03. The molecule has 3 fully saturated rings. The summed E-state index contributed by atoms with van der Waals surface area (Å²) >= 11 is 0. The number of hydrogen-bond acceptors (Lipinski definition) is 17. The summed E-state index contributed by atoms with van der Waals surface area (Å²) in [6, 6.07) is -4.71. The highest BCUT2D eigenvalue weighted by Crippen LogP contribution is 2.38. The van der Waals surface area contributed by atoms with E-state index in [9.17, 15) is 59.7 Å². The number of amides is 3. The molecule has 3 rings (SSSR count). The normalized spacial score (nSPS) is 39.7. The molecule has 0 spiro atoms. The molecule has 0 aromatic heterocycles. The number of ether oxygens (including phenoxy) is 6. The molecule has 10 N–H and O–H groups in total. The van der Waals surface area contributed by atoms with Crippen molar-refractivity contribution in [2.24, 2.45) is 0 Å². The summed E-state index contributed by atoms with van der Waals surface area (Å²) in [6.07, 6.45) is -19.0. The molecule has 274 valence electrons. The van der Waals surface area contributed by atoms with Gasteiger partial charge in [-0.2, -0.15) is 0 Å². The van der Waals surface area contributed by atoms with Gasteiger partial charge in [0.1, 0.15) is 36.6 Å². The lowest BCUT2D eigenvalue weighted by molar-refractivity contribution is -0.358. The first-order valence-electron chi connectivity index (χ1n) is 14.9. The average Bonchev–Trinajstić information content (AvgIpc) is 3.00. The summed E-state index contributed by atoms with van der Waals surface area (Å²) in [5.74, 6) is -7.19. The summed E-state index contributed by atoms with van der Waals surface area (Å²) in [5.41, 5.74) is 0. The van der Waals surface area contributed by atoms with Crippen LogP contribution in [0.25, 0.3) is 0 Å². The van der Waals surface area contributed by atoms with Crippen molar-refractivity contribution in [1.29, 1.82) is 0 Å². The van der Waals surface area contributed by atoms with Crippen molar-refractivity contribution in [3.8, 4) is 0 Å². The molecule has 0 aromatic rings. The van der Waals surface area contributed by atoms with Crippen LogP contribution in [0.1, 0.15) is 34.1 Å². The lowest BCUT2D eigenvalue weighted by Gasteiger charge is -2.51. The fourth-order valence-corrected chi connectivity index (χ4v) is 5.84. The number of carbonyl (C=O) groups is 5. The molecule has 0 radical (unpaired) electrons. The van der Waals surface area contributed by atoms with E-state index in [1.807, 2.05) is 0 Å². The second kappa shape index (κ2) is 16.5. The fraction of sp³-hybridized carbons (Fsp3) is 0.815. The number of nitrogens with one attached hydrogen (secondary N) is 3. The Morgan fingerprint density at radius 3 is 2.17 bits per heavy atom. The van der Waals surface area contributed by atoms with Crippen LogP contribution in [0, 0.1) is 0 Å². The van der Waals surface area contributed by atoms with Gasteiger partial charge in [0.2, 0.25) is 18.2 Å². The minimum Gasteiger partial charge on any atom is -0.477 e. The van der Waals surface area contributed by atoms with Gasteiger partial charge in [-0.05, 0) is 6.92 Å². The molecule has 0 saturated carbocycles. The minimum absolute atomic E-state index is 0.104. The highest BCUT2D eigenvalue weighted by atomic mass is 16.8. The number of rotatable bonds is 13. The number of aliphatic carboxylic acids is 1. The number of esters is 1. The first-order valence-corrected chi connectivity index (χ1v) is 14.9. The van der Waals surface area contributed by atoms with Gasteiger partial charge in [-0.1, -0.05) is 0 Å². The zero-order chi connectivity index (χ0) is 36.1. The zero-order valence-corrected chi connectivity index (χ0v) is 26.4. The summed E-state index contributed by atoms with van der Waals surface area (Å²) in [4.78, 5) is 61.1. The second-order valence-electron chi connectivity index (χ2n) is 11.7. The van der Waals surface area contributed by atoms with Crippen molar-refractivity contribution in [3.05, 3.63) is 0 Å². The van der Waals surface area contributed by atoms with E-state index in [0.717, 1.165) is 20.8 Å². The highest BCUT2D eigenvalue weighted by Gasteiger charge is 2.60. The molecular formula is C27H43N3O18. The lowest BCUT2D eigenvalue weighted by Crippen LogP contribution is -2.73. The van der Waals surface area contributed by atoms with Crippen molar-refractivity contribution in [1.82, 2.24) is 16.0 Å². The SMILES string of the molecule is CC(=O)N[C@H]1[C@H](O[C@@H]2COC(O)[C@H](O)[C@H]2O)O[C@H](C)[C@H](OC(C)=O)[C@@H]1O[C@]1(C(=O)O)C[C@@H](O)[C@@H](NC(C)=O)[C@@H]([C@H](NC=O)[C@@H](O)CO)O1. The fourth-order valence-electron chi connectivity index (χ4n) is 5.84. The van der Waals surface area contributed by atoms with E-state index in [1.165, 1.54) is 6.92 Å². The summed E-state index contributed by atoms with van der Waals surface area (Å²) < 4.78 is 34.1. The Balaban J connectivity index is 2.12. The van der Waals surface area contributed by atoms with Crippen molar-refractivity contribution < 1.29 is 88.1 Å². The molecule has 21 heteroatoms. The van der Waals surface area contributed by atoms with E-state index in [0.29, 0.717) is 0 Å². The number of aliphatic hydroxyl groups is 6. The Kier molecular flexibility index (Phi) is 13.6. The topological polar surface area (TPSA) is 318 Å². The average molecular weight is 698 g/mol. The van der Waals surface area contributed by atoms with Crippen LogP contribution in [-0.2, 0) is 52.4 Å². The summed E-state index contributed by atoms with van der Waals surface area (Å²) in [6.45, 7) is 3.09. The second-order valence-corrected chi connectivity index (χ2v) is 11.7. The van der Waals surface area contributed by atoms with Gasteiger partial charge in [0.25, 0.3) is 5.79 Å². The van der Waals surface area contributed by atoms with Gasteiger partial charge in [-0.25, -0.2) is 4.79 Å². The van der Waals surface area contributed by atoms with Gasteiger partial charge >= 0.3 is 11.9 Å². The molecule has 0 aromatic carbocycles. The van der Waals surface area contributed by atoms with Gasteiger partial charge in [-0.15, -0.1) is 0 Å². The van der Waals surface area contributed by atoms with Crippen LogP contribution in [0.5, 0.6) is 0 Å². The van der Waals surface area contributed by atoms with E-state index in [-0.39, 0.29) is 6.41 Å². The molecule has 3 amide bonds. The molecular weight excluding hydrogens is 654 g/mol. The Morgan fingerprint density at radius 1 is 1.00 bits per heavy atom. The third kappa shape index (κ3) is 8.92. The molecule has 3 aliphatic heterocycles. The van der Waals surface area contributed by atoms with Crippen LogP contribution < -0.4 is 16.0 Å². The maximum absolute atomic E-state index is 13.0. The van der Waals surface area contributed by atoms with E-state index in [1.54, 1.807) is 0 Å². The van der Waals surface area contributed by atoms with Crippen molar-refractivity contribution in [2.75, 3.05) is 13.2 Å². The smallest absolute Gasteiger partial charge is 0.364 e. The van der Waals surface area contributed by atoms with Crippen molar-refractivity contribution >= 4 is 30.2 Å². The molecule has 3 heterocycles. The third-order valence-electron chi connectivity index (χ3n) is 8.03. The monoisotopic (exact) mass is 697 g/mol. The van der Waals surface area contributed by atoms with Gasteiger partial charge in [-0.3, -0.25) is 19.2 Å². The van der Waals surface area contributed by atoms with Gasteiger partial charge in [0.05, 0.1) is 43.6 Å². The number of carboxylic acids is 1. The maximum atomic E-state index is 13.0. The quantitative estimate of drug-likeness (QED) is 0.0632. The van der Waals surface area contributed by atoms with Crippen LogP contribution in [-0.4, -0.2) is 171 Å². The van der Waals surface area contributed by atoms with Crippen LogP contribution >= 0.6 is 0 Å². The molecule has 15 atom stereocenters.